The summed E-state index contributed by atoms with van der Waals surface area (Å²) in [5.41, 5.74) is 1.27. The number of aromatic nitrogens is 4. The van der Waals surface area contributed by atoms with Crippen LogP contribution in [0.2, 0.25) is 0 Å². The van der Waals surface area contributed by atoms with Gasteiger partial charge in [0.1, 0.15) is 17.6 Å². The van der Waals surface area contributed by atoms with Crippen molar-refractivity contribution in [2.24, 2.45) is 7.05 Å². The van der Waals surface area contributed by atoms with E-state index in [-0.39, 0.29) is 17.8 Å². The van der Waals surface area contributed by atoms with Gasteiger partial charge in [-0.2, -0.15) is 0 Å². The fourth-order valence-electron chi connectivity index (χ4n) is 3.44. The molecule has 0 aromatic carbocycles. The summed E-state index contributed by atoms with van der Waals surface area (Å²) >= 11 is 0. The van der Waals surface area contributed by atoms with Crippen LogP contribution in [0.3, 0.4) is 0 Å². The number of urea groups is 1. The lowest BCUT2D eigenvalue weighted by molar-refractivity contribution is 0.170. The van der Waals surface area contributed by atoms with E-state index in [1.165, 1.54) is 6.33 Å². The number of likely N-dealkylation sites (tertiary alicyclic amines) is 1. The SMILES string of the molecule is Cn1c(=O)n(C2CCN(C(=O)NCc3ccco3)CC2)c2ncncc21. The summed E-state index contributed by atoms with van der Waals surface area (Å²) in [7, 11) is 1.72. The highest BCUT2D eigenvalue weighted by Gasteiger charge is 2.27. The zero-order valence-electron chi connectivity index (χ0n) is 14.5. The number of fused-ring (bicyclic) bond motifs is 1. The molecule has 26 heavy (non-hydrogen) atoms. The second-order valence-corrected chi connectivity index (χ2v) is 6.40. The topological polar surface area (TPSA) is 98.2 Å². The maximum absolute atomic E-state index is 12.6. The third-order valence-corrected chi connectivity index (χ3v) is 4.87. The average molecular weight is 356 g/mol. The quantitative estimate of drug-likeness (QED) is 0.762. The van der Waals surface area contributed by atoms with Crippen LogP contribution in [0.25, 0.3) is 11.2 Å². The van der Waals surface area contributed by atoms with Gasteiger partial charge < -0.3 is 14.6 Å². The van der Waals surface area contributed by atoms with Gasteiger partial charge in [-0.25, -0.2) is 19.6 Å². The molecule has 1 aliphatic rings. The van der Waals surface area contributed by atoms with Gasteiger partial charge in [-0.1, -0.05) is 0 Å². The minimum absolute atomic E-state index is 0.0234. The Morgan fingerprint density at radius 3 is 2.92 bits per heavy atom. The smallest absolute Gasteiger partial charge is 0.330 e. The van der Waals surface area contributed by atoms with Crippen molar-refractivity contribution in [3.63, 3.8) is 0 Å². The number of aryl methyl sites for hydroxylation is 1. The van der Waals surface area contributed by atoms with Gasteiger partial charge >= 0.3 is 11.7 Å². The largest absolute Gasteiger partial charge is 0.467 e. The normalized spacial score (nSPS) is 15.5. The van der Waals surface area contributed by atoms with Crippen molar-refractivity contribution in [3.05, 3.63) is 47.2 Å². The Balaban J connectivity index is 1.43. The third-order valence-electron chi connectivity index (χ3n) is 4.87. The van der Waals surface area contributed by atoms with Gasteiger partial charge in [-0.05, 0) is 25.0 Å². The lowest BCUT2D eigenvalue weighted by Crippen LogP contribution is -2.45. The van der Waals surface area contributed by atoms with E-state index in [4.69, 9.17) is 4.42 Å². The molecule has 1 N–H and O–H groups in total. The Kier molecular flexibility index (Phi) is 4.19. The number of nitrogens with zero attached hydrogens (tertiary/aromatic N) is 5. The van der Waals surface area contributed by atoms with Gasteiger partial charge in [-0.15, -0.1) is 0 Å². The van der Waals surface area contributed by atoms with E-state index in [1.54, 1.807) is 39.6 Å². The molecule has 0 radical (unpaired) electrons. The van der Waals surface area contributed by atoms with E-state index < -0.39 is 0 Å². The molecule has 9 nitrogen and oxygen atoms in total. The van der Waals surface area contributed by atoms with Gasteiger partial charge in [0.25, 0.3) is 0 Å². The maximum atomic E-state index is 12.6. The summed E-state index contributed by atoms with van der Waals surface area (Å²) in [5.74, 6) is 0.718. The molecule has 0 bridgehead atoms. The summed E-state index contributed by atoms with van der Waals surface area (Å²) in [6.07, 6.45) is 6.10. The van der Waals surface area contributed by atoms with Gasteiger partial charge in [0.15, 0.2) is 5.65 Å². The first-order valence-corrected chi connectivity index (χ1v) is 8.57. The lowest BCUT2D eigenvalue weighted by Gasteiger charge is -2.32. The molecule has 1 fully saturated rings. The van der Waals surface area contributed by atoms with Gasteiger partial charge in [0, 0.05) is 26.2 Å². The van der Waals surface area contributed by atoms with Crippen LogP contribution in [0.15, 0.2) is 40.1 Å². The molecule has 1 aliphatic heterocycles. The van der Waals surface area contributed by atoms with Gasteiger partial charge in [0.05, 0.1) is 19.0 Å². The lowest BCUT2D eigenvalue weighted by atomic mass is 10.1. The molecule has 0 spiro atoms. The van der Waals surface area contributed by atoms with Gasteiger partial charge in [0.2, 0.25) is 0 Å². The first-order valence-electron chi connectivity index (χ1n) is 8.57. The summed E-state index contributed by atoms with van der Waals surface area (Å²) in [4.78, 5) is 34.9. The monoisotopic (exact) mass is 356 g/mol. The van der Waals surface area contributed by atoms with Crippen LogP contribution in [-0.2, 0) is 13.6 Å². The number of imidazole rings is 1. The van der Waals surface area contributed by atoms with E-state index in [1.807, 2.05) is 6.07 Å². The number of carbonyl (C=O) groups excluding carboxylic acids is 1. The van der Waals surface area contributed by atoms with Crippen LogP contribution < -0.4 is 11.0 Å². The van der Waals surface area contributed by atoms with Crippen LogP contribution in [-0.4, -0.2) is 43.1 Å². The third kappa shape index (κ3) is 2.85. The number of amides is 2. The number of piperidine rings is 1. The maximum Gasteiger partial charge on any atom is 0.330 e. The fourth-order valence-corrected chi connectivity index (χ4v) is 3.44. The highest BCUT2D eigenvalue weighted by molar-refractivity contribution is 5.74. The van der Waals surface area contributed by atoms with Crippen LogP contribution in [0, 0.1) is 0 Å². The summed E-state index contributed by atoms with van der Waals surface area (Å²) in [5, 5.41) is 2.85. The Morgan fingerprint density at radius 2 is 2.19 bits per heavy atom. The molecule has 3 aromatic rings. The minimum Gasteiger partial charge on any atom is -0.467 e. The number of hydrogen-bond donors (Lipinski definition) is 1. The van der Waals surface area contributed by atoms with E-state index in [9.17, 15) is 9.59 Å². The molecule has 136 valence electrons. The molecule has 0 unspecified atom stereocenters. The molecule has 1 saturated heterocycles. The number of nitrogens with one attached hydrogen (secondary N) is 1. The predicted octanol–water partition coefficient (Wildman–Crippen LogP) is 1.27. The van der Waals surface area contributed by atoms with Crippen molar-refractivity contribution < 1.29 is 9.21 Å². The molecule has 9 heteroatoms. The Morgan fingerprint density at radius 1 is 1.38 bits per heavy atom. The summed E-state index contributed by atoms with van der Waals surface area (Å²) in [6, 6.07) is 3.52. The number of hydrogen-bond acceptors (Lipinski definition) is 5. The van der Waals surface area contributed by atoms with E-state index in [0.717, 1.165) is 11.3 Å². The molecule has 0 saturated carbocycles. The Bertz CT molecular complexity index is 966. The zero-order chi connectivity index (χ0) is 18.1. The fraction of sp³-hybridized carbons (Fsp3) is 0.412. The minimum atomic E-state index is -0.118. The van der Waals surface area contributed by atoms with Crippen molar-refractivity contribution in [1.82, 2.24) is 29.3 Å². The summed E-state index contributed by atoms with van der Waals surface area (Å²) in [6.45, 7) is 1.54. The van der Waals surface area contributed by atoms with Crippen molar-refractivity contribution >= 4 is 17.2 Å². The van der Waals surface area contributed by atoms with Crippen LogP contribution in [0.1, 0.15) is 24.6 Å². The molecule has 4 rings (SSSR count). The molecule has 3 aromatic heterocycles. The average Bonchev–Trinajstić information content (AvgIpc) is 3.28. The second-order valence-electron chi connectivity index (χ2n) is 6.40. The molecule has 0 atom stereocenters. The second kappa shape index (κ2) is 6.66. The Labute approximate surface area is 149 Å². The van der Waals surface area contributed by atoms with Crippen molar-refractivity contribution in [2.45, 2.75) is 25.4 Å². The Hall–Kier alpha value is -3.10. The van der Waals surface area contributed by atoms with Crippen molar-refractivity contribution in [1.29, 1.82) is 0 Å². The van der Waals surface area contributed by atoms with E-state index in [2.05, 4.69) is 15.3 Å². The standard InChI is InChI=1S/C17H20N6O3/c1-21-14-10-18-11-20-15(14)23(17(21)25)12-4-6-22(7-5-12)16(24)19-9-13-3-2-8-26-13/h2-3,8,10-12H,4-7,9H2,1H3,(H,19,24). The number of furan rings is 1. The highest BCUT2D eigenvalue weighted by atomic mass is 16.3. The van der Waals surface area contributed by atoms with Crippen molar-refractivity contribution in [2.75, 3.05) is 13.1 Å². The first-order chi connectivity index (χ1) is 12.6. The molecular formula is C17H20N6O3. The summed E-state index contributed by atoms with van der Waals surface area (Å²) < 4.78 is 8.52. The van der Waals surface area contributed by atoms with Crippen molar-refractivity contribution in [3.8, 4) is 0 Å². The highest BCUT2D eigenvalue weighted by Crippen LogP contribution is 2.24. The van der Waals surface area contributed by atoms with Crippen LogP contribution in [0.4, 0.5) is 4.79 Å². The van der Waals surface area contributed by atoms with E-state index in [0.29, 0.717) is 38.1 Å². The molecular weight excluding hydrogens is 336 g/mol. The number of carbonyl (C=O) groups is 1. The number of rotatable bonds is 3. The van der Waals surface area contributed by atoms with Crippen LogP contribution in [0.5, 0.6) is 0 Å². The van der Waals surface area contributed by atoms with Gasteiger partial charge in [-0.3, -0.25) is 9.13 Å². The molecule has 2 amide bonds. The first kappa shape index (κ1) is 16.4. The predicted molar refractivity (Wildman–Crippen MR) is 93.6 cm³/mol. The van der Waals surface area contributed by atoms with E-state index >= 15 is 0 Å². The van der Waals surface area contributed by atoms with Crippen LogP contribution >= 0.6 is 0 Å². The zero-order valence-corrected chi connectivity index (χ0v) is 14.5. The molecule has 0 aliphatic carbocycles. The molecule has 4 heterocycles.